The first-order valence-electron chi connectivity index (χ1n) is 6.31. The van der Waals surface area contributed by atoms with Gasteiger partial charge in [-0.25, -0.2) is 0 Å². The molecule has 1 heteroatoms. The highest BCUT2D eigenvalue weighted by Crippen LogP contribution is 2.54. The van der Waals surface area contributed by atoms with Crippen LogP contribution in [0.4, 0.5) is 0 Å². The van der Waals surface area contributed by atoms with Crippen molar-refractivity contribution in [3.8, 4) is 0 Å². The predicted molar refractivity (Wildman–Crippen MR) is 70.3 cm³/mol. The van der Waals surface area contributed by atoms with Crippen molar-refractivity contribution in [3.05, 3.63) is 23.8 Å². The number of hydrogen-bond acceptors (Lipinski definition) is 1. The quantitative estimate of drug-likeness (QED) is 0.698. The molecule has 0 aliphatic heterocycles. The van der Waals surface area contributed by atoms with E-state index in [1.165, 1.54) is 11.1 Å². The Morgan fingerprint density at radius 2 is 2.06 bits per heavy atom. The summed E-state index contributed by atoms with van der Waals surface area (Å²) in [5, 5.41) is 9.23. The molecule has 16 heavy (non-hydrogen) atoms. The van der Waals surface area contributed by atoms with Gasteiger partial charge in [0.2, 0.25) is 0 Å². The van der Waals surface area contributed by atoms with Gasteiger partial charge >= 0.3 is 0 Å². The van der Waals surface area contributed by atoms with Crippen molar-refractivity contribution in [1.82, 2.24) is 0 Å². The zero-order valence-electron chi connectivity index (χ0n) is 11.2. The van der Waals surface area contributed by atoms with Gasteiger partial charge in [0.15, 0.2) is 0 Å². The first kappa shape index (κ1) is 13.5. The van der Waals surface area contributed by atoms with E-state index >= 15 is 0 Å². The van der Waals surface area contributed by atoms with E-state index in [0.29, 0.717) is 18.4 Å². The van der Waals surface area contributed by atoms with E-state index < -0.39 is 0 Å². The zero-order valence-corrected chi connectivity index (χ0v) is 11.2. The Morgan fingerprint density at radius 1 is 1.44 bits per heavy atom. The van der Waals surface area contributed by atoms with Gasteiger partial charge in [-0.05, 0) is 50.4 Å². The molecule has 1 saturated carbocycles. The normalized spacial score (nSPS) is 27.1. The van der Waals surface area contributed by atoms with E-state index in [4.69, 9.17) is 0 Å². The molecular formula is C15H26O. The van der Waals surface area contributed by atoms with Gasteiger partial charge in [-0.3, -0.25) is 0 Å². The molecule has 0 aromatic rings. The smallest absolute Gasteiger partial charge is 0.0464 e. The lowest BCUT2D eigenvalue weighted by Crippen LogP contribution is -2.47. The molecule has 0 bridgehead atoms. The van der Waals surface area contributed by atoms with Crippen molar-refractivity contribution in [2.24, 2.45) is 17.3 Å². The summed E-state index contributed by atoms with van der Waals surface area (Å²) in [6.45, 7) is 13.3. The van der Waals surface area contributed by atoms with Crippen LogP contribution in [0, 0.1) is 17.3 Å². The average molecular weight is 222 g/mol. The highest BCUT2D eigenvalue weighted by molar-refractivity contribution is 5.14. The molecule has 1 fully saturated rings. The molecular weight excluding hydrogens is 196 g/mol. The summed E-state index contributed by atoms with van der Waals surface area (Å²) in [5.74, 6) is 1.08. The molecule has 2 atom stereocenters. The largest absolute Gasteiger partial charge is 0.396 e. The summed E-state index contributed by atoms with van der Waals surface area (Å²) in [6.07, 6.45) is 5.60. The minimum absolute atomic E-state index is 0.247. The number of aliphatic hydroxyl groups is 1. The van der Waals surface area contributed by atoms with Crippen molar-refractivity contribution in [3.63, 3.8) is 0 Å². The number of allylic oxidation sites excluding steroid dienone is 3. The van der Waals surface area contributed by atoms with Gasteiger partial charge in [-0.2, -0.15) is 0 Å². The lowest BCUT2D eigenvalue weighted by Gasteiger charge is -2.52. The molecule has 1 N–H and O–H groups in total. The summed E-state index contributed by atoms with van der Waals surface area (Å²) >= 11 is 0. The van der Waals surface area contributed by atoms with Gasteiger partial charge in [-0.15, -0.1) is 0 Å². The monoisotopic (exact) mass is 222 g/mol. The van der Waals surface area contributed by atoms with Crippen LogP contribution >= 0.6 is 0 Å². The third kappa shape index (κ3) is 2.76. The molecule has 1 aliphatic carbocycles. The van der Waals surface area contributed by atoms with Gasteiger partial charge in [0.1, 0.15) is 0 Å². The van der Waals surface area contributed by atoms with Gasteiger partial charge in [0, 0.05) is 6.61 Å². The third-order valence-corrected chi connectivity index (χ3v) is 4.20. The summed E-state index contributed by atoms with van der Waals surface area (Å²) in [6, 6.07) is 0. The number of aliphatic hydroxyl groups excluding tert-OH is 1. The van der Waals surface area contributed by atoms with E-state index in [-0.39, 0.29) is 5.41 Å². The Bertz CT molecular complexity index is 282. The Labute approximate surface area is 100 Å². The predicted octanol–water partition coefficient (Wildman–Crippen LogP) is 3.94. The fraction of sp³-hybridized carbons (Fsp3) is 0.733. The van der Waals surface area contributed by atoms with Crippen molar-refractivity contribution in [2.45, 2.75) is 47.0 Å². The Hall–Kier alpha value is -0.560. The summed E-state index contributed by atoms with van der Waals surface area (Å²) in [4.78, 5) is 0. The maximum Gasteiger partial charge on any atom is 0.0464 e. The van der Waals surface area contributed by atoms with Crippen LogP contribution < -0.4 is 0 Å². The fourth-order valence-corrected chi connectivity index (χ4v) is 2.74. The third-order valence-electron chi connectivity index (χ3n) is 4.20. The van der Waals surface area contributed by atoms with Crippen LogP contribution in [-0.2, 0) is 0 Å². The lowest BCUT2D eigenvalue weighted by molar-refractivity contribution is -0.0330. The van der Waals surface area contributed by atoms with Crippen LogP contribution in [0.15, 0.2) is 23.8 Å². The second kappa shape index (κ2) is 5.18. The summed E-state index contributed by atoms with van der Waals surface area (Å²) < 4.78 is 0. The van der Waals surface area contributed by atoms with E-state index in [9.17, 15) is 5.11 Å². The molecule has 0 heterocycles. The number of hydrogen-bond donors (Lipinski definition) is 1. The van der Waals surface area contributed by atoms with Crippen LogP contribution in [0.25, 0.3) is 0 Å². The van der Waals surface area contributed by atoms with Crippen molar-refractivity contribution < 1.29 is 5.11 Å². The van der Waals surface area contributed by atoms with E-state index in [0.717, 1.165) is 19.3 Å². The van der Waals surface area contributed by atoms with Crippen LogP contribution in [0.2, 0.25) is 0 Å². The van der Waals surface area contributed by atoms with Gasteiger partial charge in [0.05, 0.1) is 0 Å². The molecule has 0 aromatic carbocycles. The molecule has 0 amide bonds. The van der Waals surface area contributed by atoms with E-state index in [2.05, 4.69) is 40.3 Å². The van der Waals surface area contributed by atoms with Crippen molar-refractivity contribution >= 4 is 0 Å². The Balaban J connectivity index is 2.43. The Kier molecular flexibility index (Phi) is 4.37. The molecule has 2 unspecified atom stereocenters. The van der Waals surface area contributed by atoms with Gasteiger partial charge in [0.25, 0.3) is 0 Å². The highest BCUT2D eigenvalue weighted by Gasteiger charge is 2.48. The topological polar surface area (TPSA) is 20.2 Å². The first-order valence-corrected chi connectivity index (χ1v) is 6.31. The van der Waals surface area contributed by atoms with Crippen molar-refractivity contribution in [1.29, 1.82) is 0 Å². The first-order chi connectivity index (χ1) is 7.39. The molecule has 1 aliphatic rings. The summed E-state index contributed by atoms with van der Waals surface area (Å²) in [5.41, 5.74) is 3.00. The molecule has 0 spiro atoms. The molecule has 92 valence electrons. The van der Waals surface area contributed by atoms with Crippen LogP contribution in [0.3, 0.4) is 0 Å². The van der Waals surface area contributed by atoms with Crippen molar-refractivity contribution in [2.75, 3.05) is 6.61 Å². The average Bonchev–Trinajstić information content (AvgIpc) is 2.16. The van der Waals surface area contributed by atoms with E-state index in [1.54, 1.807) is 0 Å². The Morgan fingerprint density at radius 3 is 2.50 bits per heavy atom. The van der Waals surface area contributed by atoms with Crippen LogP contribution in [0.5, 0.6) is 0 Å². The summed E-state index contributed by atoms with van der Waals surface area (Å²) in [7, 11) is 0. The number of rotatable bonds is 5. The molecule has 1 nitrogen and oxygen atoms in total. The second-order valence-electron chi connectivity index (χ2n) is 5.97. The SMILES string of the molecule is C=C(CCC=C(C)C)C1CC(CO)C1(C)C. The van der Waals surface area contributed by atoms with Gasteiger partial charge < -0.3 is 5.11 Å². The highest BCUT2D eigenvalue weighted by atomic mass is 16.3. The second-order valence-corrected chi connectivity index (χ2v) is 5.97. The van der Waals surface area contributed by atoms with Gasteiger partial charge in [-0.1, -0.05) is 37.6 Å². The minimum Gasteiger partial charge on any atom is -0.396 e. The maximum atomic E-state index is 9.23. The minimum atomic E-state index is 0.247. The maximum absolute atomic E-state index is 9.23. The fourth-order valence-electron chi connectivity index (χ4n) is 2.74. The standard InChI is InChI=1S/C15H26O/c1-11(2)7-6-8-12(3)14-9-13(10-16)15(14,4)5/h7,13-14,16H,3,6,8-10H2,1-2,4-5H3. The molecule has 0 saturated heterocycles. The van der Waals surface area contributed by atoms with Crippen LogP contribution in [-0.4, -0.2) is 11.7 Å². The van der Waals surface area contributed by atoms with E-state index in [1.807, 2.05) is 0 Å². The molecule has 0 aromatic heterocycles. The molecule has 0 radical (unpaired) electrons. The lowest BCUT2D eigenvalue weighted by atomic mass is 9.52. The zero-order chi connectivity index (χ0) is 12.3. The van der Waals surface area contributed by atoms with Crippen LogP contribution in [0.1, 0.15) is 47.0 Å². The molecule has 1 rings (SSSR count).